The van der Waals surface area contributed by atoms with Gasteiger partial charge >= 0.3 is 5.97 Å². The Morgan fingerprint density at radius 3 is 1.69 bits per heavy atom. The second kappa shape index (κ2) is 17.3. The average molecular weight is 687 g/mol. The van der Waals surface area contributed by atoms with Gasteiger partial charge < -0.3 is 32.8 Å². The van der Waals surface area contributed by atoms with Gasteiger partial charge in [0.25, 0.3) is 0 Å². The third kappa shape index (κ3) is 10.0. The summed E-state index contributed by atoms with van der Waals surface area (Å²) >= 11 is 0. The summed E-state index contributed by atoms with van der Waals surface area (Å²) in [7, 11) is 0.861. The van der Waals surface area contributed by atoms with Gasteiger partial charge in [-0.05, 0) is 59.1 Å². The van der Waals surface area contributed by atoms with Crippen molar-refractivity contribution in [2.24, 2.45) is 0 Å². The topological polar surface area (TPSA) is 98.8 Å². The van der Waals surface area contributed by atoms with E-state index >= 15 is 0 Å². The van der Waals surface area contributed by atoms with Crippen LogP contribution < -0.4 is 14.2 Å². The lowest BCUT2D eigenvalue weighted by atomic mass is 9.95. The molecule has 0 atom stereocenters. The zero-order chi connectivity index (χ0) is 35.4. The summed E-state index contributed by atoms with van der Waals surface area (Å²) in [5, 5.41) is -0.00716. The molecule has 10 heteroatoms. The molecule has 0 bridgehead atoms. The number of esters is 1. The van der Waals surface area contributed by atoms with Crippen molar-refractivity contribution in [1.82, 2.24) is 0 Å². The molecule has 260 valence electrons. The lowest BCUT2D eigenvalue weighted by molar-refractivity contribution is 0.0437. The van der Waals surface area contributed by atoms with Crippen LogP contribution >= 0.6 is 0 Å². The van der Waals surface area contributed by atoms with Crippen LogP contribution in [0, 0.1) is 0 Å². The van der Waals surface area contributed by atoms with Crippen LogP contribution in [0.1, 0.15) is 63.7 Å². The van der Waals surface area contributed by atoms with Gasteiger partial charge in [0, 0.05) is 19.8 Å². The molecule has 0 spiro atoms. The van der Waals surface area contributed by atoms with Gasteiger partial charge in [-0.3, -0.25) is 4.79 Å². The third-order valence-electron chi connectivity index (χ3n) is 8.35. The first-order valence-electron chi connectivity index (χ1n) is 16.0. The van der Waals surface area contributed by atoms with Gasteiger partial charge in [-0.15, -0.1) is 0 Å². The highest BCUT2D eigenvalue weighted by atomic mass is 28.4. The fourth-order valence-electron chi connectivity index (χ4n) is 4.62. The Labute approximate surface area is 290 Å². The fourth-order valence-corrected chi connectivity index (χ4v) is 5.58. The molecule has 0 saturated heterocycles. The molecule has 4 aromatic rings. The van der Waals surface area contributed by atoms with Crippen molar-refractivity contribution in [1.29, 1.82) is 0 Å². The first-order valence-corrected chi connectivity index (χ1v) is 19.0. The number of ketones is 1. The van der Waals surface area contributed by atoms with Gasteiger partial charge in [0.05, 0.1) is 6.61 Å². The number of rotatable bonds is 17. The van der Waals surface area contributed by atoms with Crippen molar-refractivity contribution in [3.63, 3.8) is 0 Å². The quantitative estimate of drug-likeness (QED) is 0.0470. The van der Waals surface area contributed by atoms with Gasteiger partial charge in [0.15, 0.2) is 21.9 Å². The molecule has 4 rings (SSSR count). The van der Waals surface area contributed by atoms with Gasteiger partial charge in [0.2, 0.25) is 5.78 Å². The highest BCUT2D eigenvalue weighted by molar-refractivity contribution is 6.74. The van der Waals surface area contributed by atoms with Crippen molar-refractivity contribution < 1.29 is 42.4 Å². The smallest absolute Gasteiger partial charge is 0.343 e. The van der Waals surface area contributed by atoms with Crippen LogP contribution in [0.25, 0.3) is 0 Å². The van der Waals surface area contributed by atoms with E-state index in [4.69, 9.17) is 32.8 Å². The van der Waals surface area contributed by atoms with Crippen LogP contribution in [0.15, 0.2) is 91.0 Å². The Bertz CT molecular complexity index is 1650. The molecule has 0 saturated carbocycles. The molecule has 0 N–H and O–H groups in total. The van der Waals surface area contributed by atoms with Crippen molar-refractivity contribution in [3.8, 4) is 17.2 Å². The molecular weight excluding hydrogens is 641 g/mol. The minimum absolute atomic E-state index is 0.00716. The highest BCUT2D eigenvalue weighted by Crippen LogP contribution is 2.39. The van der Waals surface area contributed by atoms with Crippen molar-refractivity contribution in [2.45, 2.75) is 58.7 Å². The number of carbonyl (C=O) groups is 2. The molecule has 0 heterocycles. The van der Waals surface area contributed by atoms with E-state index in [1.165, 1.54) is 14.2 Å². The van der Waals surface area contributed by atoms with Gasteiger partial charge in [-0.2, -0.15) is 0 Å². The minimum atomic E-state index is -2.12. The zero-order valence-corrected chi connectivity index (χ0v) is 30.4. The fraction of sp³-hybridized carbons (Fsp3) is 0.333. The first kappa shape index (κ1) is 37.3. The lowest BCUT2D eigenvalue weighted by Gasteiger charge is -2.36. The van der Waals surface area contributed by atoms with E-state index in [-0.39, 0.29) is 72.4 Å². The summed E-state index contributed by atoms with van der Waals surface area (Å²) in [4.78, 5) is 28.5. The first-order chi connectivity index (χ1) is 23.4. The van der Waals surface area contributed by atoms with Crippen molar-refractivity contribution >= 4 is 20.1 Å². The second-order valence-corrected chi connectivity index (χ2v) is 17.8. The minimum Gasteiger partial charge on any atom is -0.488 e. The summed E-state index contributed by atoms with van der Waals surface area (Å²) < 4.78 is 40.8. The highest BCUT2D eigenvalue weighted by Gasteiger charge is 2.37. The van der Waals surface area contributed by atoms with E-state index in [9.17, 15) is 9.59 Å². The van der Waals surface area contributed by atoms with Crippen molar-refractivity contribution in [3.05, 3.63) is 124 Å². The number of methoxy groups -OCH3 is 2. The van der Waals surface area contributed by atoms with Crippen LogP contribution in [0.4, 0.5) is 0 Å². The predicted octanol–water partition coefficient (Wildman–Crippen LogP) is 8.34. The lowest BCUT2D eigenvalue weighted by Crippen LogP contribution is -2.40. The molecule has 0 aliphatic carbocycles. The van der Waals surface area contributed by atoms with Crippen LogP contribution in [-0.4, -0.2) is 47.9 Å². The van der Waals surface area contributed by atoms with Crippen molar-refractivity contribution in [2.75, 3.05) is 27.8 Å². The van der Waals surface area contributed by atoms with Crippen LogP contribution in [0.5, 0.6) is 17.2 Å². The molecule has 0 unspecified atom stereocenters. The van der Waals surface area contributed by atoms with Crippen LogP contribution in [0.2, 0.25) is 18.1 Å². The number of hydrogen-bond acceptors (Lipinski definition) is 9. The van der Waals surface area contributed by atoms with E-state index in [0.29, 0.717) is 0 Å². The molecule has 0 aliphatic rings. The normalized spacial score (nSPS) is 11.6. The van der Waals surface area contributed by atoms with E-state index in [2.05, 4.69) is 33.9 Å². The van der Waals surface area contributed by atoms with E-state index < -0.39 is 20.1 Å². The number of hydrogen-bond donors (Lipinski definition) is 0. The SMILES string of the molecule is COCOc1cc(CO[Si](C)(C)C(C)(C)C)cc(OCOC)c1C(=O)c1cccc(OCc2ccccc2)c1C(=O)OCc1ccccc1. The number of carbonyl (C=O) groups excluding carboxylic acids is 2. The molecule has 49 heavy (non-hydrogen) atoms. The Hall–Kier alpha value is -4.48. The number of benzene rings is 4. The standard InChI is InChI=1S/C39H46O9Si/c1-39(2,3)49(6,7)48-25-30-21-33(46-26-42-4)36(34(22-30)47-27-43-5)37(40)31-19-14-20-32(44-23-28-15-10-8-11-16-28)35(31)38(41)45-24-29-17-12-9-13-18-29/h8-22H,23-27H2,1-7H3. The maximum absolute atomic E-state index is 14.7. The molecule has 0 aliphatic heterocycles. The molecule has 0 amide bonds. The predicted molar refractivity (Wildman–Crippen MR) is 190 cm³/mol. The summed E-state index contributed by atoms with van der Waals surface area (Å²) in [5.41, 5.74) is 2.55. The van der Waals surface area contributed by atoms with E-state index in [0.717, 1.165) is 16.7 Å². The van der Waals surface area contributed by atoms with Crippen LogP contribution in [-0.2, 0) is 38.5 Å². The van der Waals surface area contributed by atoms with Crippen LogP contribution in [0.3, 0.4) is 0 Å². The maximum Gasteiger partial charge on any atom is 0.343 e. The maximum atomic E-state index is 14.7. The zero-order valence-electron chi connectivity index (χ0n) is 29.4. The molecule has 4 aromatic carbocycles. The molecule has 0 aromatic heterocycles. The van der Waals surface area contributed by atoms with Gasteiger partial charge in [-0.25, -0.2) is 4.79 Å². The van der Waals surface area contributed by atoms with E-state index in [1.807, 2.05) is 60.7 Å². The molecular formula is C39H46O9Si. The Balaban J connectivity index is 1.80. The second-order valence-electron chi connectivity index (χ2n) is 13.0. The summed E-state index contributed by atoms with van der Waals surface area (Å²) in [5.74, 6) is -0.646. The largest absolute Gasteiger partial charge is 0.488 e. The monoisotopic (exact) mass is 686 g/mol. The third-order valence-corrected chi connectivity index (χ3v) is 12.8. The molecule has 0 fully saturated rings. The summed E-state index contributed by atoms with van der Waals surface area (Å²) in [6.07, 6.45) is 0. The molecule has 9 nitrogen and oxygen atoms in total. The van der Waals surface area contributed by atoms with Gasteiger partial charge in [0.1, 0.15) is 41.6 Å². The van der Waals surface area contributed by atoms with E-state index in [1.54, 1.807) is 30.3 Å². The number of ether oxygens (including phenoxy) is 6. The molecule has 0 radical (unpaired) electrons. The Morgan fingerprint density at radius 1 is 0.612 bits per heavy atom. The average Bonchev–Trinajstić information content (AvgIpc) is 3.10. The summed E-state index contributed by atoms with van der Waals surface area (Å²) in [6.45, 7) is 11.0. The Kier molecular flexibility index (Phi) is 13.1. The van der Waals surface area contributed by atoms with Gasteiger partial charge in [-0.1, -0.05) is 87.5 Å². The summed E-state index contributed by atoms with van der Waals surface area (Å²) in [6, 6.07) is 27.2. The Morgan fingerprint density at radius 2 is 1.16 bits per heavy atom.